The molecule has 0 saturated carbocycles. The van der Waals surface area contributed by atoms with E-state index >= 15 is 0 Å². The van der Waals surface area contributed by atoms with E-state index < -0.39 is 28.2 Å². The lowest BCUT2D eigenvalue weighted by molar-refractivity contribution is -0.192. The Morgan fingerprint density at radius 1 is 1.16 bits per heavy atom. The Morgan fingerprint density at radius 2 is 1.71 bits per heavy atom. The summed E-state index contributed by atoms with van der Waals surface area (Å²) in [6, 6.07) is 10.9. The number of benzene rings is 2. The second kappa shape index (κ2) is 11.4. The van der Waals surface area contributed by atoms with E-state index in [-0.39, 0.29) is 28.6 Å². The van der Waals surface area contributed by atoms with Crippen LogP contribution in [0.2, 0.25) is 0 Å². The fourth-order valence-electron chi connectivity index (χ4n) is 3.51. The standard InChI is InChI=1S/C22H29N5O3S.C2HF3O2/c1-22(2,3)16-5-7-17(8-6-16)31(29,30)26-19-10-11-27(21(19)28)13-15-12-14(20(24)25)4-9-18(15)23;3-2(4,5)1(6)7/h4-9,12,19,26H,10-11,13,23H2,1-3H3,(H3,24,25);(H,6,7)/t19-;/m0./s1. The molecule has 1 amide bonds. The van der Waals surface area contributed by atoms with Crippen molar-refractivity contribution in [1.82, 2.24) is 9.62 Å². The topological polar surface area (TPSA) is 180 Å². The first kappa shape index (κ1) is 30.6. The van der Waals surface area contributed by atoms with Gasteiger partial charge in [0, 0.05) is 24.3 Å². The molecule has 0 radical (unpaired) electrons. The van der Waals surface area contributed by atoms with Crippen molar-refractivity contribution in [1.29, 1.82) is 5.41 Å². The van der Waals surface area contributed by atoms with Crippen LogP contribution in [0.3, 0.4) is 0 Å². The number of carbonyl (C=O) groups excluding carboxylic acids is 1. The number of carbonyl (C=O) groups is 2. The Bertz CT molecular complexity index is 1310. The van der Waals surface area contributed by atoms with Gasteiger partial charge in [0.1, 0.15) is 11.9 Å². The van der Waals surface area contributed by atoms with E-state index in [1.54, 1.807) is 47.4 Å². The fraction of sp³-hybridized carbons (Fsp3) is 0.375. The van der Waals surface area contributed by atoms with Gasteiger partial charge in [-0.1, -0.05) is 32.9 Å². The van der Waals surface area contributed by atoms with Crippen molar-refractivity contribution in [2.24, 2.45) is 5.73 Å². The van der Waals surface area contributed by atoms with E-state index in [1.165, 1.54) is 0 Å². The second-order valence-electron chi connectivity index (χ2n) is 9.63. The summed E-state index contributed by atoms with van der Waals surface area (Å²) in [6.45, 7) is 6.79. The van der Waals surface area contributed by atoms with Crippen LogP contribution in [0.25, 0.3) is 0 Å². The molecule has 0 aliphatic carbocycles. The number of carboxylic acid groups (broad SMARTS) is 1. The molecule has 1 saturated heterocycles. The molecule has 1 fully saturated rings. The summed E-state index contributed by atoms with van der Waals surface area (Å²) in [4.78, 5) is 23.4. The van der Waals surface area contributed by atoms with Crippen LogP contribution in [-0.2, 0) is 31.6 Å². The number of likely N-dealkylation sites (tertiary alicyclic amines) is 1. The van der Waals surface area contributed by atoms with Crippen LogP contribution in [0.4, 0.5) is 18.9 Å². The minimum Gasteiger partial charge on any atom is -0.475 e. The first-order valence-electron chi connectivity index (χ1n) is 11.3. The van der Waals surface area contributed by atoms with E-state index in [9.17, 15) is 26.4 Å². The highest BCUT2D eigenvalue weighted by molar-refractivity contribution is 7.89. The Hall–Kier alpha value is -3.65. The van der Waals surface area contributed by atoms with E-state index in [0.29, 0.717) is 29.8 Å². The maximum Gasteiger partial charge on any atom is 0.490 e. The lowest BCUT2D eigenvalue weighted by Crippen LogP contribution is -2.41. The van der Waals surface area contributed by atoms with Gasteiger partial charge in [-0.15, -0.1) is 0 Å². The number of anilines is 1. The number of alkyl halides is 3. The minimum atomic E-state index is -5.08. The number of hydrogen-bond acceptors (Lipinski definition) is 6. The summed E-state index contributed by atoms with van der Waals surface area (Å²) >= 11 is 0. The van der Waals surface area contributed by atoms with Crippen LogP contribution >= 0.6 is 0 Å². The van der Waals surface area contributed by atoms with Crippen LogP contribution in [0.15, 0.2) is 47.4 Å². The molecule has 1 atom stereocenters. The van der Waals surface area contributed by atoms with Crippen LogP contribution in [0.1, 0.15) is 43.9 Å². The van der Waals surface area contributed by atoms with Gasteiger partial charge in [-0.3, -0.25) is 10.2 Å². The molecule has 1 heterocycles. The number of nitrogens with zero attached hydrogens (tertiary/aromatic N) is 1. The molecule has 14 heteroatoms. The molecule has 10 nitrogen and oxygen atoms in total. The number of carboxylic acids is 1. The number of halogens is 3. The Kier molecular flexibility index (Phi) is 9.17. The van der Waals surface area contributed by atoms with Crippen LogP contribution in [0.5, 0.6) is 0 Å². The lowest BCUT2D eigenvalue weighted by Gasteiger charge is -2.20. The zero-order valence-corrected chi connectivity index (χ0v) is 21.8. The van der Waals surface area contributed by atoms with Crippen LogP contribution in [-0.4, -0.2) is 54.9 Å². The zero-order chi connectivity index (χ0) is 29.1. The summed E-state index contributed by atoms with van der Waals surface area (Å²) in [5, 5.41) is 14.7. The van der Waals surface area contributed by atoms with E-state index in [1.807, 2.05) is 0 Å². The summed E-state index contributed by atoms with van der Waals surface area (Å²) in [7, 11) is -3.83. The van der Waals surface area contributed by atoms with Gasteiger partial charge >= 0.3 is 12.1 Å². The molecule has 2 aromatic rings. The molecule has 0 bridgehead atoms. The number of nitrogens with two attached hydrogens (primary N) is 2. The van der Waals surface area contributed by atoms with Gasteiger partial charge in [-0.2, -0.15) is 17.9 Å². The zero-order valence-electron chi connectivity index (χ0n) is 21.0. The van der Waals surface area contributed by atoms with Gasteiger partial charge in [0.2, 0.25) is 15.9 Å². The maximum absolute atomic E-state index is 12.8. The number of nitrogen functional groups attached to an aromatic ring is 2. The quantitative estimate of drug-likeness (QED) is 0.206. The normalized spacial score (nSPS) is 16.1. The van der Waals surface area contributed by atoms with Gasteiger partial charge in [-0.05, 0) is 53.3 Å². The Balaban J connectivity index is 0.000000638. The van der Waals surface area contributed by atoms with Crippen molar-refractivity contribution in [2.45, 2.75) is 56.3 Å². The highest BCUT2D eigenvalue weighted by Gasteiger charge is 2.38. The van der Waals surface area contributed by atoms with Crippen LogP contribution in [0, 0.1) is 5.41 Å². The largest absolute Gasteiger partial charge is 0.490 e. The van der Waals surface area contributed by atoms with E-state index in [4.69, 9.17) is 26.8 Å². The predicted molar refractivity (Wildman–Crippen MR) is 135 cm³/mol. The van der Waals surface area contributed by atoms with E-state index in [0.717, 1.165) is 5.56 Å². The first-order chi connectivity index (χ1) is 17.3. The van der Waals surface area contributed by atoms with Gasteiger partial charge in [0.15, 0.2) is 0 Å². The average Bonchev–Trinajstić information content (AvgIpc) is 3.12. The van der Waals surface area contributed by atoms with Crippen molar-refractivity contribution < 1.29 is 36.3 Å². The number of amidine groups is 1. The van der Waals surface area contributed by atoms with Gasteiger partial charge < -0.3 is 21.5 Å². The highest BCUT2D eigenvalue weighted by atomic mass is 32.2. The maximum atomic E-state index is 12.8. The number of sulfonamides is 1. The molecule has 2 aromatic carbocycles. The molecular weight excluding hydrogens is 527 g/mol. The Labute approximate surface area is 218 Å². The monoisotopic (exact) mass is 557 g/mol. The summed E-state index contributed by atoms with van der Waals surface area (Å²) in [6.07, 6.45) is -4.72. The number of amides is 1. The number of nitrogens with one attached hydrogen (secondary N) is 2. The number of rotatable bonds is 6. The molecule has 208 valence electrons. The van der Waals surface area contributed by atoms with Crippen molar-refractivity contribution in [3.05, 3.63) is 59.2 Å². The van der Waals surface area contributed by atoms with E-state index in [2.05, 4.69) is 25.5 Å². The molecule has 0 aromatic heterocycles. The van der Waals surface area contributed by atoms with Crippen LogP contribution < -0.4 is 16.2 Å². The first-order valence-corrected chi connectivity index (χ1v) is 12.8. The molecule has 38 heavy (non-hydrogen) atoms. The average molecular weight is 558 g/mol. The summed E-state index contributed by atoms with van der Waals surface area (Å²) < 4.78 is 59.9. The molecule has 1 aliphatic rings. The van der Waals surface area contributed by atoms with Crippen molar-refractivity contribution in [3.63, 3.8) is 0 Å². The van der Waals surface area contributed by atoms with Crippen molar-refractivity contribution in [2.75, 3.05) is 12.3 Å². The van der Waals surface area contributed by atoms with Crippen molar-refractivity contribution in [3.8, 4) is 0 Å². The van der Waals surface area contributed by atoms with Crippen molar-refractivity contribution >= 4 is 33.4 Å². The highest BCUT2D eigenvalue weighted by Crippen LogP contribution is 2.25. The molecule has 0 unspecified atom stereocenters. The molecule has 3 rings (SSSR count). The SMILES string of the molecule is CC(C)(C)c1ccc(S(=O)(=O)N[C@H]2CCN(Cc3cc(C(=N)N)ccc3N)C2=O)cc1.O=C(O)C(F)(F)F. The Morgan fingerprint density at radius 3 is 2.18 bits per heavy atom. The smallest absolute Gasteiger partial charge is 0.475 e. The summed E-state index contributed by atoms with van der Waals surface area (Å²) in [5.74, 6) is -3.15. The number of aliphatic carboxylic acids is 1. The fourth-order valence-corrected chi connectivity index (χ4v) is 4.73. The molecular formula is C24H30F3N5O5S. The van der Waals surface area contributed by atoms with Gasteiger partial charge in [0.05, 0.1) is 4.90 Å². The summed E-state index contributed by atoms with van der Waals surface area (Å²) in [5.41, 5.74) is 14.2. The van der Waals surface area contributed by atoms with Gasteiger partial charge in [-0.25, -0.2) is 13.2 Å². The predicted octanol–water partition coefficient (Wildman–Crippen LogP) is 2.56. The second-order valence-corrected chi connectivity index (χ2v) is 11.3. The number of hydrogen-bond donors (Lipinski definition) is 5. The lowest BCUT2D eigenvalue weighted by atomic mass is 9.87. The third-order valence-electron chi connectivity index (χ3n) is 5.68. The third-order valence-corrected chi connectivity index (χ3v) is 7.17. The molecule has 7 N–H and O–H groups in total. The minimum absolute atomic E-state index is 0.0841. The molecule has 0 spiro atoms. The molecule has 1 aliphatic heterocycles. The third kappa shape index (κ3) is 7.92. The van der Waals surface area contributed by atoms with Gasteiger partial charge in [0.25, 0.3) is 0 Å².